The molecule has 0 saturated heterocycles. The van der Waals surface area contributed by atoms with Crippen LogP contribution in [0, 0.1) is 6.92 Å². The highest BCUT2D eigenvalue weighted by Crippen LogP contribution is 2.22. The maximum atomic E-state index is 12.9. The van der Waals surface area contributed by atoms with Crippen LogP contribution in [0.3, 0.4) is 0 Å². The fourth-order valence-corrected chi connectivity index (χ4v) is 2.91. The molecule has 26 heavy (non-hydrogen) atoms. The number of hydrogen-bond donors (Lipinski definition) is 0. The van der Waals surface area contributed by atoms with Crippen LogP contribution in [0.2, 0.25) is 0 Å². The minimum absolute atomic E-state index is 0.0471. The Morgan fingerprint density at radius 3 is 2.27 bits per heavy atom. The van der Waals surface area contributed by atoms with E-state index in [0.717, 1.165) is 11.1 Å². The van der Waals surface area contributed by atoms with Crippen molar-refractivity contribution in [3.63, 3.8) is 0 Å². The Balaban J connectivity index is 2.06. The lowest BCUT2D eigenvalue weighted by molar-refractivity contribution is -0.142. The molecule has 0 fully saturated rings. The maximum absolute atomic E-state index is 12.9. The molecule has 0 aliphatic carbocycles. The highest BCUT2D eigenvalue weighted by Gasteiger charge is 2.22. The van der Waals surface area contributed by atoms with Gasteiger partial charge in [0.2, 0.25) is 5.91 Å². The normalized spacial score (nSPS) is 11.7. The van der Waals surface area contributed by atoms with Gasteiger partial charge in [0.25, 0.3) is 0 Å². The summed E-state index contributed by atoms with van der Waals surface area (Å²) in [6, 6.07) is 18.0. The van der Waals surface area contributed by atoms with Gasteiger partial charge in [0.1, 0.15) is 0 Å². The Bertz CT molecular complexity index is 710. The summed E-state index contributed by atoms with van der Waals surface area (Å²) in [5.41, 5.74) is 3.41. The average Bonchev–Trinajstić information content (AvgIpc) is 2.67. The first kappa shape index (κ1) is 19.7. The number of carbonyl (C=O) groups excluding carboxylic acids is 2. The van der Waals surface area contributed by atoms with Crippen LogP contribution >= 0.6 is 0 Å². The standard InChI is InChI=1S/C22H27NO3/c1-17-9-11-19(12-10-17)13-14-21(24)23(16-15-22(25)26-3)18(2)20-7-5-4-6-8-20/h4-12,18H,13-16H2,1-3H3. The first-order valence-electron chi connectivity index (χ1n) is 8.98. The number of hydrogen-bond acceptors (Lipinski definition) is 3. The molecule has 0 aromatic heterocycles. The molecule has 1 atom stereocenters. The number of esters is 1. The molecule has 4 heteroatoms. The van der Waals surface area contributed by atoms with E-state index in [1.54, 1.807) is 4.90 Å². The van der Waals surface area contributed by atoms with Crippen molar-refractivity contribution in [1.29, 1.82) is 0 Å². The molecular weight excluding hydrogens is 326 g/mol. The molecule has 0 aliphatic rings. The van der Waals surface area contributed by atoms with Crippen LogP contribution in [0.25, 0.3) is 0 Å². The zero-order valence-corrected chi connectivity index (χ0v) is 15.8. The zero-order valence-electron chi connectivity index (χ0n) is 15.8. The van der Waals surface area contributed by atoms with Gasteiger partial charge in [-0.1, -0.05) is 60.2 Å². The van der Waals surface area contributed by atoms with Gasteiger partial charge in [0.15, 0.2) is 0 Å². The van der Waals surface area contributed by atoms with Crippen molar-refractivity contribution in [3.8, 4) is 0 Å². The molecule has 0 aliphatic heterocycles. The lowest BCUT2D eigenvalue weighted by Crippen LogP contribution is -2.35. The number of aryl methyl sites for hydroxylation is 2. The molecule has 0 saturated carbocycles. The van der Waals surface area contributed by atoms with E-state index >= 15 is 0 Å². The summed E-state index contributed by atoms with van der Waals surface area (Å²) in [6.45, 7) is 4.40. The van der Waals surface area contributed by atoms with Gasteiger partial charge in [-0.3, -0.25) is 9.59 Å². The largest absolute Gasteiger partial charge is 0.469 e. The summed E-state index contributed by atoms with van der Waals surface area (Å²) >= 11 is 0. The molecule has 0 radical (unpaired) electrons. The molecule has 0 heterocycles. The number of rotatable bonds is 8. The average molecular weight is 353 g/mol. The van der Waals surface area contributed by atoms with Crippen molar-refractivity contribution in [1.82, 2.24) is 4.90 Å². The van der Waals surface area contributed by atoms with Gasteiger partial charge in [-0.05, 0) is 31.4 Å². The highest BCUT2D eigenvalue weighted by molar-refractivity contribution is 5.78. The van der Waals surface area contributed by atoms with E-state index in [2.05, 4.69) is 24.3 Å². The number of nitrogens with zero attached hydrogens (tertiary/aromatic N) is 1. The fraction of sp³-hybridized carbons (Fsp3) is 0.364. The van der Waals surface area contributed by atoms with Gasteiger partial charge in [0.05, 0.1) is 19.6 Å². The third-order valence-electron chi connectivity index (χ3n) is 4.60. The second-order valence-electron chi connectivity index (χ2n) is 6.49. The van der Waals surface area contributed by atoms with Crippen LogP contribution in [-0.4, -0.2) is 30.4 Å². The first-order valence-corrected chi connectivity index (χ1v) is 8.98. The molecular formula is C22H27NO3. The number of methoxy groups -OCH3 is 1. The van der Waals surface area contributed by atoms with Crippen LogP contribution in [0.15, 0.2) is 54.6 Å². The predicted molar refractivity (Wildman–Crippen MR) is 103 cm³/mol. The van der Waals surface area contributed by atoms with Crippen LogP contribution in [0.1, 0.15) is 42.5 Å². The van der Waals surface area contributed by atoms with Crippen molar-refractivity contribution in [2.75, 3.05) is 13.7 Å². The van der Waals surface area contributed by atoms with Crippen LogP contribution in [0.4, 0.5) is 0 Å². The van der Waals surface area contributed by atoms with Gasteiger partial charge >= 0.3 is 5.97 Å². The van der Waals surface area contributed by atoms with Gasteiger partial charge in [-0.15, -0.1) is 0 Å². The number of ether oxygens (including phenoxy) is 1. The van der Waals surface area contributed by atoms with E-state index < -0.39 is 0 Å². The third-order valence-corrected chi connectivity index (χ3v) is 4.60. The Kier molecular flexibility index (Phi) is 7.39. The second-order valence-corrected chi connectivity index (χ2v) is 6.49. The lowest BCUT2D eigenvalue weighted by atomic mass is 10.0. The van der Waals surface area contributed by atoms with E-state index in [1.807, 2.05) is 44.2 Å². The Hall–Kier alpha value is -2.62. The Labute approximate surface area is 155 Å². The minimum Gasteiger partial charge on any atom is -0.469 e. The first-order chi connectivity index (χ1) is 12.5. The molecule has 1 amide bonds. The Morgan fingerprint density at radius 2 is 1.65 bits per heavy atom. The topological polar surface area (TPSA) is 46.6 Å². The van der Waals surface area contributed by atoms with Crippen LogP contribution < -0.4 is 0 Å². The minimum atomic E-state index is -0.304. The van der Waals surface area contributed by atoms with Crippen LogP contribution in [-0.2, 0) is 20.7 Å². The van der Waals surface area contributed by atoms with Crippen molar-refractivity contribution in [3.05, 3.63) is 71.3 Å². The van der Waals surface area contributed by atoms with Crippen molar-refractivity contribution in [2.45, 2.75) is 39.2 Å². The molecule has 1 unspecified atom stereocenters. The van der Waals surface area contributed by atoms with Gasteiger partial charge in [0, 0.05) is 13.0 Å². The lowest BCUT2D eigenvalue weighted by Gasteiger charge is -2.29. The highest BCUT2D eigenvalue weighted by atomic mass is 16.5. The van der Waals surface area contributed by atoms with Crippen molar-refractivity contribution >= 4 is 11.9 Å². The van der Waals surface area contributed by atoms with Gasteiger partial charge < -0.3 is 9.64 Å². The van der Waals surface area contributed by atoms with Crippen LogP contribution in [0.5, 0.6) is 0 Å². The molecule has 2 aromatic rings. The monoisotopic (exact) mass is 353 g/mol. The number of carbonyl (C=O) groups is 2. The summed E-state index contributed by atoms with van der Waals surface area (Å²) in [5, 5.41) is 0. The second kappa shape index (κ2) is 9.76. The summed E-state index contributed by atoms with van der Waals surface area (Å²) in [4.78, 5) is 26.2. The quantitative estimate of drug-likeness (QED) is 0.672. The summed E-state index contributed by atoms with van der Waals surface area (Å²) < 4.78 is 4.73. The van der Waals surface area contributed by atoms with Gasteiger partial charge in [-0.25, -0.2) is 0 Å². The van der Waals surface area contributed by atoms with Crippen molar-refractivity contribution < 1.29 is 14.3 Å². The molecule has 2 aromatic carbocycles. The third kappa shape index (κ3) is 5.73. The molecule has 0 bridgehead atoms. The summed E-state index contributed by atoms with van der Waals surface area (Å²) in [6.07, 6.45) is 1.31. The van der Waals surface area contributed by atoms with E-state index in [4.69, 9.17) is 4.74 Å². The molecule has 4 nitrogen and oxygen atoms in total. The van der Waals surface area contributed by atoms with Crippen molar-refractivity contribution in [2.24, 2.45) is 0 Å². The Morgan fingerprint density at radius 1 is 1.00 bits per heavy atom. The molecule has 2 rings (SSSR count). The summed E-state index contributed by atoms with van der Waals surface area (Å²) in [7, 11) is 1.37. The van der Waals surface area contributed by atoms with E-state index in [1.165, 1.54) is 12.7 Å². The maximum Gasteiger partial charge on any atom is 0.307 e. The van der Waals surface area contributed by atoms with E-state index in [9.17, 15) is 9.59 Å². The van der Waals surface area contributed by atoms with E-state index in [-0.39, 0.29) is 24.3 Å². The number of amides is 1. The summed E-state index contributed by atoms with van der Waals surface area (Å²) in [5.74, 6) is -0.257. The zero-order chi connectivity index (χ0) is 18.9. The van der Waals surface area contributed by atoms with Gasteiger partial charge in [-0.2, -0.15) is 0 Å². The number of benzene rings is 2. The fourth-order valence-electron chi connectivity index (χ4n) is 2.91. The van der Waals surface area contributed by atoms with E-state index in [0.29, 0.717) is 19.4 Å². The molecule has 138 valence electrons. The predicted octanol–water partition coefficient (Wildman–Crippen LogP) is 4.08. The smallest absolute Gasteiger partial charge is 0.307 e. The molecule has 0 spiro atoms. The SMILES string of the molecule is COC(=O)CCN(C(=O)CCc1ccc(C)cc1)C(C)c1ccccc1. The molecule has 0 N–H and O–H groups in total.